The molecule has 3 atom stereocenters. The minimum Gasteiger partial charge on any atom is -0.497 e. The summed E-state index contributed by atoms with van der Waals surface area (Å²) in [5.74, 6) is 4.00. The van der Waals surface area contributed by atoms with Gasteiger partial charge in [0.05, 0.1) is 7.11 Å². The number of hydrogen-bond donors (Lipinski definition) is 1. The number of hydrogen-bond acceptors (Lipinski definition) is 2. The second-order valence-corrected chi connectivity index (χ2v) is 6.74. The van der Waals surface area contributed by atoms with Gasteiger partial charge in [0.15, 0.2) is 0 Å². The van der Waals surface area contributed by atoms with Crippen LogP contribution in [0.5, 0.6) is 5.75 Å². The molecule has 0 spiro atoms. The smallest absolute Gasteiger partial charge is 0.118 e. The molecular weight excluding hydrogens is 258 g/mol. The maximum absolute atomic E-state index is 5.23. The van der Waals surface area contributed by atoms with Gasteiger partial charge < -0.3 is 10.1 Å². The molecule has 116 valence electrons. The molecule has 3 rings (SSSR count). The Morgan fingerprint density at radius 2 is 1.81 bits per heavy atom. The molecule has 1 aromatic rings. The molecule has 0 bridgehead atoms. The molecule has 0 heterocycles. The Kier molecular flexibility index (Phi) is 4.84. The molecule has 2 fully saturated rings. The summed E-state index contributed by atoms with van der Waals surface area (Å²) in [7, 11) is 1.73. The SMILES string of the molecule is CCNC(CCc1ccc(OC)cc1)C1C2CCCCC21. The molecule has 2 nitrogen and oxygen atoms in total. The average Bonchev–Trinajstić information content (AvgIpc) is 3.26. The Morgan fingerprint density at radius 1 is 1.14 bits per heavy atom. The molecule has 0 amide bonds. The van der Waals surface area contributed by atoms with Gasteiger partial charge in [-0.1, -0.05) is 31.9 Å². The monoisotopic (exact) mass is 287 g/mol. The van der Waals surface area contributed by atoms with Crippen LogP contribution in [0.25, 0.3) is 0 Å². The zero-order chi connectivity index (χ0) is 14.7. The third-order valence-corrected chi connectivity index (χ3v) is 5.56. The fourth-order valence-corrected chi connectivity index (χ4v) is 4.45. The van der Waals surface area contributed by atoms with Crippen molar-refractivity contribution in [1.82, 2.24) is 5.32 Å². The van der Waals surface area contributed by atoms with Gasteiger partial charge in [-0.25, -0.2) is 0 Å². The Morgan fingerprint density at radius 3 is 2.38 bits per heavy atom. The highest BCUT2D eigenvalue weighted by molar-refractivity contribution is 5.27. The van der Waals surface area contributed by atoms with Crippen molar-refractivity contribution in [2.45, 2.75) is 51.5 Å². The summed E-state index contributed by atoms with van der Waals surface area (Å²) in [5.41, 5.74) is 1.43. The molecule has 1 aromatic carbocycles. The lowest BCUT2D eigenvalue weighted by molar-refractivity contribution is 0.412. The van der Waals surface area contributed by atoms with E-state index < -0.39 is 0 Å². The van der Waals surface area contributed by atoms with Crippen LogP contribution in [0.1, 0.15) is 44.6 Å². The third kappa shape index (κ3) is 3.42. The lowest BCUT2D eigenvalue weighted by atomic mass is 9.99. The van der Waals surface area contributed by atoms with Gasteiger partial charge >= 0.3 is 0 Å². The number of fused-ring (bicyclic) bond motifs is 1. The summed E-state index contributed by atoms with van der Waals surface area (Å²) in [6.45, 7) is 3.34. The van der Waals surface area contributed by atoms with E-state index in [1.165, 1.54) is 44.1 Å². The second-order valence-electron chi connectivity index (χ2n) is 6.74. The van der Waals surface area contributed by atoms with Crippen LogP contribution < -0.4 is 10.1 Å². The first-order valence-corrected chi connectivity index (χ1v) is 8.69. The number of ether oxygens (including phenoxy) is 1. The van der Waals surface area contributed by atoms with E-state index in [9.17, 15) is 0 Å². The second kappa shape index (κ2) is 6.83. The lowest BCUT2D eigenvalue weighted by Crippen LogP contribution is -2.32. The van der Waals surface area contributed by atoms with Crippen LogP contribution in [-0.4, -0.2) is 19.7 Å². The van der Waals surface area contributed by atoms with Crippen LogP contribution in [0, 0.1) is 17.8 Å². The molecule has 0 aromatic heterocycles. The Labute approximate surface area is 129 Å². The highest BCUT2D eigenvalue weighted by Crippen LogP contribution is 2.57. The highest BCUT2D eigenvalue weighted by Gasteiger charge is 2.53. The number of nitrogens with one attached hydrogen (secondary N) is 1. The van der Waals surface area contributed by atoms with E-state index in [1.54, 1.807) is 7.11 Å². The van der Waals surface area contributed by atoms with Gasteiger partial charge in [-0.05, 0) is 67.7 Å². The van der Waals surface area contributed by atoms with Crippen molar-refractivity contribution in [2.75, 3.05) is 13.7 Å². The van der Waals surface area contributed by atoms with Crippen molar-refractivity contribution in [1.29, 1.82) is 0 Å². The molecule has 0 radical (unpaired) electrons. The van der Waals surface area contributed by atoms with Gasteiger partial charge in [-0.2, -0.15) is 0 Å². The van der Waals surface area contributed by atoms with Gasteiger partial charge in [-0.3, -0.25) is 0 Å². The van der Waals surface area contributed by atoms with E-state index in [2.05, 4.69) is 36.5 Å². The predicted octanol–water partition coefficient (Wildman–Crippen LogP) is 4.04. The first kappa shape index (κ1) is 14.9. The van der Waals surface area contributed by atoms with E-state index >= 15 is 0 Å². The van der Waals surface area contributed by atoms with Crippen LogP contribution in [0.4, 0.5) is 0 Å². The van der Waals surface area contributed by atoms with Crippen LogP contribution in [0.2, 0.25) is 0 Å². The molecule has 0 aliphatic heterocycles. The molecule has 21 heavy (non-hydrogen) atoms. The Balaban J connectivity index is 1.55. The summed E-state index contributed by atoms with van der Waals surface area (Å²) in [6.07, 6.45) is 8.36. The highest BCUT2D eigenvalue weighted by atomic mass is 16.5. The van der Waals surface area contributed by atoms with Gasteiger partial charge in [0.2, 0.25) is 0 Å². The number of methoxy groups -OCH3 is 1. The predicted molar refractivity (Wildman–Crippen MR) is 87.7 cm³/mol. The summed E-state index contributed by atoms with van der Waals surface area (Å²) in [5, 5.41) is 3.77. The molecule has 1 N–H and O–H groups in total. The fourth-order valence-electron chi connectivity index (χ4n) is 4.45. The van der Waals surface area contributed by atoms with E-state index in [-0.39, 0.29) is 0 Å². The molecule has 3 unspecified atom stereocenters. The zero-order valence-electron chi connectivity index (χ0n) is 13.5. The van der Waals surface area contributed by atoms with Crippen molar-refractivity contribution in [3.05, 3.63) is 29.8 Å². The van der Waals surface area contributed by atoms with Crippen molar-refractivity contribution >= 4 is 0 Å². The maximum atomic E-state index is 5.23. The zero-order valence-corrected chi connectivity index (χ0v) is 13.5. The van der Waals surface area contributed by atoms with Crippen molar-refractivity contribution in [3.63, 3.8) is 0 Å². The van der Waals surface area contributed by atoms with Crippen molar-refractivity contribution in [3.8, 4) is 5.75 Å². The molecule has 2 aliphatic rings. The van der Waals surface area contributed by atoms with Crippen LogP contribution in [-0.2, 0) is 6.42 Å². The molecular formula is C19H29NO. The van der Waals surface area contributed by atoms with E-state index in [1.807, 2.05) is 0 Å². The molecule has 2 saturated carbocycles. The molecule has 2 heteroatoms. The summed E-state index contributed by atoms with van der Waals surface area (Å²) < 4.78 is 5.23. The summed E-state index contributed by atoms with van der Waals surface area (Å²) in [4.78, 5) is 0. The lowest BCUT2D eigenvalue weighted by Gasteiger charge is -2.18. The van der Waals surface area contributed by atoms with E-state index in [0.29, 0.717) is 0 Å². The fraction of sp³-hybridized carbons (Fsp3) is 0.684. The van der Waals surface area contributed by atoms with Crippen LogP contribution in [0.15, 0.2) is 24.3 Å². The number of aryl methyl sites for hydroxylation is 1. The van der Waals surface area contributed by atoms with Gasteiger partial charge in [-0.15, -0.1) is 0 Å². The number of rotatable bonds is 7. The third-order valence-electron chi connectivity index (χ3n) is 5.56. The van der Waals surface area contributed by atoms with E-state index in [0.717, 1.165) is 36.1 Å². The van der Waals surface area contributed by atoms with Crippen molar-refractivity contribution in [2.24, 2.45) is 17.8 Å². The first-order chi connectivity index (χ1) is 10.3. The minimum atomic E-state index is 0.727. The van der Waals surface area contributed by atoms with Gasteiger partial charge in [0, 0.05) is 6.04 Å². The average molecular weight is 287 g/mol. The summed E-state index contributed by atoms with van der Waals surface area (Å²) in [6, 6.07) is 9.30. The number of benzene rings is 1. The minimum absolute atomic E-state index is 0.727. The summed E-state index contributed by atoms with van der Waals surface area (Å²) >= 11 is 0. The standard InChI is InChI=1S/C19H29NO/c1-3-20-18(19-16-6-4-5-7-17(16)19)13-10-14-8-11-15(21-2)12-9-14/h8-9,11-12,16-20H,3-7,10,13H2,1-2H3. The van der Waals surface area contributed by atoms with Crippen molar-refractivity contribution < 1.29 is 4.74 Å². The Bertz CT molecular complexity index is 429. The first-order valence-electron chi connectivity index (χ1n) is 8.69. The maximum Gasteiger partial charge on any atom is 0.118 e. The van der Waals surface area contributed by atoms with E-state index in [4.69, 9.17) is 4.74 Å². The molecule has 0 saturated heterocycles. The van der Waals surface area contributed by atoms with Gasteiger partial charge in [0.25, 0.3) is 0 Å². The quantitative estimate of drug-likeness (QED) is 0.817. The largest absolute Gasteiger partial charge is 0.497 e. The Hall–Kier alpha value is -1.02. The molecule has 2 aliphatic carbocycles. The van der Waals surface area contributed by atoms with Gasteiger partial charge in [0.1, 0.15) is 5.75 Å². The van der Waals surface area contributed by atoms with Crippen LogP contribution >= 0.6 is 0 Å². The van der Waals surface area contributed by atoms with Crippen LogP contribution in [0.3, 0.4) is 0 Å². The normalized spacial score (nSPS) is 28.8. The topological polar surface area (TPSA) is 21.3 Å².